The number of carbonyl (C=O) groups excluding carboxylic acids is 2. The lowest BCUT2D eigenvalue weighted by atomic mass is 9.86. The number of amides is 2. The standard InChI is InChI=1S/C24H23N3O3/c1-3-11-26-14-21(28)27-20(24(26)29)13-18-17-9-4-5-10-19(17)25-22(18)23(27)15-7-6-8-16(12-15)30-2/h3-10,12,20,23,25H,1,11,13-14H2,2H3/t20-,23-/m0/s1. The summed E-state index contributed by atoms with van der Waals surface area (Å²) in [7, 11) is 1.62. The molecule has 0 radical (unpaired) electrons. The number of hydrogen-bond acceptors (Lipinski definition) is 3. The van der Waals surface area contributed by atoms with Crippen molar-refractivity contribution in [1.29, 1.82) is 0 Å². The van der Waals surface area contributed by atoms with E-state index in [-0.39, 0.29) is 24.4 Å². The van der Waals surface area contributed by atoms with Crippen LogP contribution >= 0.6 is 0 Å². The Kier molecular flexibility index (Phi) is 4.35. The SMILES string of the molecule is C=CCN1CC(=O)N2[C@@H](c3cccc(OC)c3)c3[nH]c4ccccc4c3C[C@H]2C1=O. The average Bonchev–Trinajstić information content (AvgIpc) is 3.14. The van der Waals surface area contributed by atoms with Gasteiger partial charge in [0.15, 0.2) is 0 Å². The fourth-order valence-corrected chi connectivity index (χ4v) is 4.79. The zero-order valence-electron chi connectivity index (χ0n) is 16.8. The monoisotopic (exact) mass is 401 g/mol. The molecule has 1 fully saturated rings. The van der Waals surface area contributed by atoms with E-state index in [0.717, 1.165) is 33.5 Å². The summed E-state index contributed by atoms with van der Waals surface area (Å²) in [5.74, 6) is 0.633. The van der Waals surface area contributed by atoms with Crippen LogP contribution in [0.3, 0.4) is 0 Å². The van der Waals surface area contributed by atoms with Crippen LogP contribution in [0.1, 0.15) is 22.9 Å². The zero-order valence-corrected chi connectivity index (χ0v) is 16.8. The maximum atomic E-state index is 13.3. The second kappa shape index (κ2) is 7.06. The van der Waals surface area contributed by atoms with Crippen LogP contribution in [0.25, 0.3) is 10.9 Å². The summed E-state index contributed by atoms with van der Waals surface area (Å²) in [6, 6.07) is 14.9. The molecular formula is C24H23N3O3. The van der Waals surface area contributed by atoms with Gasteiger partial charge in [-0.15, -0.1) is 6.58 Å². The quantitative estimate of drug-likeness (QED) is 0.684. The lowest BCUT2D eigenvalue weighted by Gasteiger charge is -2.47. The Hall–Kier alpha value is -3.54. The van der Waals surface area contributed by atoms with E-state index in [4.69, 9.17) is 4.74 Å². The van der Waals surface area contributed by atoms with E-state index in [0.29, 0.717) is 13.0 Å². The average molecular weight is 401 g/mol. The predicted octanol–water partition coefficient (Wildman–Crippen LogP) is 3.05. The molecule has 2 aliphatic rings. The number of hydrogen-bond donors (Lipinski definition) is 1. The molecule has 6 nitrogen and oxygen atoms in total. The molecule has 1 N–H and O–H groups in total. The summed E-state index contributed by atoms with van der Waals surface area (Å²) in [6.07, 6.45) is 2.17. The van der Waals surface area contributed by atoms with Gasteiger partial charge in [0.25, 0.3) is 0 Å². The zero-order chi connectivity index (χ0) is 20.8. The van der Waals surface area contributed by atoms with Crippen LogP contribution in [-0.2, 0) is 16.0 Å². The third-order valence-electron chi connectivity index (χ3n) is 6.10. The molecule has 0 unspecified atom stereocenters. The maximum absolute atomic E-state index is 13.3. The van der Waals surface area contributed by atoms with E-state index < -0.39 is 6.04 Å². The van der Waals surface area contributed by atoms with E-state index in [1.807, 2.05) is 42.5 Å². The first-order valence-corrected chi connectivity index (χ1v) is 10.1. The summed E-state index contributed by atoms with van der Waals surface area (Å²) in [5.41, 5.74) is 4.00. The Morgan fingerprint density at radius 3 is 2.83 bits per heavy atom. The van der Waals surface area contributed by atoms with E-state index >= 15 is 0 Å². The normalized spacial score (nSPS) is 20.8. The molecule has 152 valence electrons. The number of carbonyl (C=O) groups is 2. The van der Waals surface area contributed by atoms with Crippen LogP contribution in [0.2, 0.25) is 0 Å². The molecule has 1 saturated heterocycles. The Morgan fingerprint density at radius 2 is 2.03 bits per heavy atom. The first-order valence-electron chi connectivity index (χ1n) is 10.1. The number of H-pyrrole nitrogens is 1. The minimum Gasteiger partial charge on any atom is -0.497 e. The molecule has 0 bridgehead atoms. The van der Waals surface area contributed by atoms with E-state index in [2.05, 4.69) is 17.6 Å². The van der Waals surface area contributed by atoms with E-state index in [1.54, 1.807) is 23.0 Å². The first-order chi connectivity index (χ1) is 14.6. The third-order valence-corrected chi connectivity index (χ3v) is 6.10. The minimum absolute atomic E-state index is 0.0293. The summed E-state index contributed by atoms with van der Waals surface area (Å²) in [4.78, 5) is 33.5. The number of fused-ring (bicyclic) bond motifs is 4. The Balaban J connectivity index is 1.72. The van der Waals surface area contributed by atoms with Gasteiger partial charge >= 0.3 is 0 Å². The molecule has 0 aliphatic carbocycles. The molecule has 2 atom stereocenters. The van der Waals surface area contributed by atoms with Gasteiger partial charge in [-0.05, 0) is 29.3 Å². The van der Waals surface area contributed by atoms with Gasteiger partial charge in [-0.25, -0.2) is 0 Å². The summed E-state index contributed by atoms with van der Waals surface area (Å²) >= 11 is 0. The van der Waals surface area contributed by atoms with Crippen molar-refractivity contribution in [2.75, 3.05) is 20.2 Å². The molecular weight excluding hydrogens is 378 g/mol. The van der Waals surface area contributed by atoms with Gasteiger partial charge in [0, 0.05) is 29.6 Å². The molecule has 3 aromatic rings. The number of benzene rings is 2. The molecule has 5 rings (SSSR count). The van der Waals surface area contributed by atoms with Crippen molar-refractivity contribution >= 4 is 22.7 Å². The number of aromatic nitrogens is 1. The summed E-state index contributed by atoms with van der Waals surface area (Å²) in [6.45, 7) is 4.17. The molecule has 1 aromatic heterocycles. The predicted molar refractivity (Wildman–Crippen MR) is 114 cm³/mol. The highest BCUT2D eigenvalue weighted by Crippen LogP contribution is 2.43. The van der Waals surface area contributed by atoms with Gasteiger partial charge < -0.3 is 19.5 Å². The molecule has 0 spiro atoms. The molecule has 2 aliphatic heterocycles. The molecule has 2 amide bonds. The van der Waals surface area contributed by atoms with Crippen molar-refractivity contribution < 1.29 is 14.3 Å². The maximum Gasteiger partial charge on any atom is 0.246 e. The molecule has 6 heteroatoms. The van der Waals surface area contributed by atoms with Crippen LogP contribution in [0.4, 0.5) is 0 Å². The van der Waals surface area contributed by atoms with Gasteiger partial charge in [0.2, 0.25) is 11.8 Å². The Bertz CT molecular complexity index is 1170. The number of rotatable bonds is 4. The lowest BCUT2D eigenvalue weighted by molar-refractivity contribution is -0.158. The highest BCUT2D eigenvalue weighted by molar-refractivity contribution is 5.97. The van der Waals surface area contributed by atoms with E-state index in [9.17, 15) is 9.59 Å². The number of nitrogens with zero attached hydrogens (tertiary/aromatic N) is 2. The molecule has 3 heterocycles. The summed E-state index contributed by atoms with van der Waals surface area (Å²) < 4.78 is 5.43. The third kappa shape index (κ3) is 2.71. The number of methoxy groups -OCH3 is 1. The summed E-state index contributed by atoms with van der Waals surface area (Å²) in [5, 5.41) is 1.10. The van der Waals surface area contributed by atoms with Crippen LogP contribution in [-0.4, -0.2) is 52.8 Å². The van der Waals surface area contributed by atoms with Crippen LogP contribution in [0.15, 0.2) is 61.2 Å². The Labute approximate surface area is 174 Å². The first kappa shape index (κ1) is 18.5. The number of para-hydroxylation sites is 1. The second-order valence-corrected chi connectivity index (χ2v) is 7.77. The number of piperazine rings is 1. The number of nitrogens with one attached hydrogen (secondary N) is 1. The van der Waals surface area contributed by atoms with Crippen molar-refractivity contribution in [3.63, 3.8) is 0 Å². The molecule has 30 heavy (non-hydrogen) atoms. The number of aromatic amines is 1. The Morgan fingerprint density at radius 1 is 1.20 bits per heavy atom. The van der Waals surface area contributed by atoms with Crippen LogP contribution in [0.5, 0.6) is 5.75 Å². The second-order valence-electron chi connectivity index (χ2n) is 7.77. The van der Waals surface area contributed by atoms with Gasteiger partial charge in [-0.1, -0.05) is 36.4 Å². The topological polar surface area (TPSA) is 65.6 Å². The van der Waals surface area contributed by atoms with Crippen molar-refractivity contribution in [1.82, 2.24) is 14.8 Å². The van der Waals surface area contributed by atoms with E-state index in [1.165, 1.54) is 0 Å². The van der Waals surface area contributed by atoms with Crippen molar-refractivity contribution in [2.24, 2.45) is 0 Å². The fourth-order valence-electron chi connectivity index (χ4n) is 4.79. The van der Waals surface area contributed by atoms with Crippen molar-refractivity contribution in [3.8, 4) is 5.75 Å². The lowest BCUT2D eigenvalue weighted by Crippen LogP contribution is -2.62. The smallest absolute Gasteiger partial charge is 0.246 e. The van der Waals surface area contributed by atoms with Crippen molar-refractivity contribution in [2.45, 2.75) is 18.5 Å². The van der Waals surface area contributed by atoms with Gasteiger partial charge in [-0.3, -0.25) is 9.59 Å². The highest BCUT2D eigenvalue weighted by Gasteiger charge is 2.47. The van der Waals surface area contributed by atoms with Gasteiger partial charge in [0.1, 0.15) is 18.3 Å². The van der Waals surface area contributed by atoms with Gasteiger partial charge in [0.05, 0.1) is 13.2 Å². The fraction of sp³-hybridized carbons (Fsp3) is 0.250. The molecule has 0 saturated carbocycles. The van der Waals surface area contributed by atoms with Crippen LogP contribution in [0, 0.1) is 0 Å². The van der Waals surface area contributed by atoms with Crippen molar-refractivity contribution in [3.05, 3.63) is 78.0 Å². The molecule has 2 aromatic carbocycles. The minimum atomic E-state index is -0.533. The van der Waals surface area contributed by atoms with Crippen LogP contribution < -0.4 is 4.74 Å². The highest BCUT2D eigenvalue weighted by atomic mass is 16.5. The van der Waals surface area contributed by atoms with Gasteiger partial charge in [-0.2, -0.15) is 0 Å². The number of ether oxygens (including phenoxy) is 1. The largest absolute Gasteiger partial charge is 0.497 e.